The van der Waals surface area contributed by atoms with E-state index >= 15 is 0 Å². The van der Waals surface area contributed by atoms with Gasteiger partial charge in [0.25, 0.3) is 0 Å². The van der Waals surface area contributed by atoms with Gasteiger partial charge >= 0.3 is 0 Å². The minimum absolute atomic E-state index is 0.108. The Bertz CT molecular complexity index is 1540. The van der Waals surface area contributed by atoms with Crippen molar-refractivity contribution in [3.8, 4) is 22.4 Å². The largest absolute Gasteiger partial charge is 0.437 e. The van der Waals surface area contributed by atoms with E-state index in [-0.39, 0.29) is 5.41 Å². The zero-order valence-corrected chi connectivity index (χ0v) is 18.6. The first-order chi connectivity index (χ1) is 14.9. The summed E-state index contributed by atoms with van der Waals surface area (Å²) in [4.78, 5) is 4.78. The predicted octanol–water partition coefficient (Wildman–Crippen LogP) is 6.40. The molecule has 0 N–H and O–H groups in total. The summed E-state index contributed by atoms with van der Waals surface area (Å²) in [6, 6.07) is 17.4. The summed E-state index contributed by atoms with van der Waals surface area (Å²) < 4.78 is 8.68. The number of pyridine rings is 2. The van der Waals surface area contributed by atoms with Crippen LogP contribution in [-0.4, -0.2) is 4.98 Å². The molecule has 0 aliphatic heterocycles. The molecular formula is C28H25N2O+. The topological polar surface area (TPSA) is 29.9 Å². The summed E-state index contributed by atoms with van der Waals surface area (Å²) in [5, 5.41) is 2.28. The van der Waals surface area contributed by atoms with E-state index in [1.807, 2.05) is 6.20 Å². The molecule has 0 atom stereocenters. The summed E-state index contributed by atoms with van der Waals surface area (Å²) in [7, 11) is 2.10. The van der Waals surface area contributed by atoms with Gasteiger partial charge in [-0.25, -0.2) is 9.55 Å². The molecule has 0 unspecified atom stereocenters. The van der Waals surface area contributed by atoms with Gasteiger partial charge in [0.05, 0.1) is 10.9 Å². The fourth-order valence-corrected chi connectivity index (χ4v) is 5.48. The van der Waals surface area contributed by atoms with Gasteiger partial charge in [-0.05, 0) is 42.2 Å². The van der Waals surface area contributed by atoms with E-state index in [4.69, 9.17) is 9.40 Å². The molecule has 0 saturated heterocycles. The van der Waals surface area contributed by atoms with Crippen LogP contribution in [0, 0.1) is 13.8 Å². The molecule has 0 bridgehead atoms. The third-order valence-corrected chi connectivity index (χ3v) is 6.93. The van der Waals surface area contributed by atoms with Crippen molar-refractivity contribution in [1.82, 2.24) is 4.98 Å². The van der Waals surface area contributed by atoms with Gasteiger partial charge in [-0.2, -0.15) is 0 Å². The molecule has 3 heterocycles. The molecular weight excluding hydrogens is 380 g/mol. The lowest BCUT2D eigenvalue weighted by Gasteiger charge is -2.22. The number of rotatable bonds is 1. The summed E-state index contributed by atoms with van der Waals surface area (Å²) in [5.41, 5.74) is 11.4. The fraction of sp³-hybridized carbons (Fsp3) is 0.214. The van der Waals surface area contributed by atoms with Crippen molar-refractivity contribution >= 4 is 22.1 Å². The Morgan fingerprint density at radius 3 is 2.55 bits per heavy atom. The number of hydrogen-bond donors (Lipinski definition) is 0. The number of aromatic nitrogens is 2. The Balaban J connectivity index is 1.75. The highest BCUT2D eigenvalue weighted by Crippen LogP contribution is 2.52. The Morgan fingerprint density at radius 2 is 1.74 bits per heavy atom. The Morgan fingerprint density at radius 1 is 0.935 bits per heavy atom. The number of fused-ring (bicyclic) bond motifs is 7. The third-order valence-electron chi connectivity index (χ3n) is 6.93. The minimum Gasteiger partial charge on any atom is -0.437 e. The minimum atomic E-state index is -0.108. The van der Waals surface area contributed by atoms with E-state index < -0.39 is 0 Å². The van der Waals surface area contributed by atoms with Gasteiger partial charge in [0.15, 0.2) is 11.8 Å². The smallest absolute Gasteiger partial charge is 0.227 e. The Hall–Kier alpha value is -3.46. The van der Waals surface area contributed by atoms with Crippen LogP contribution in [0.15, 0.2) is 65.3 Å². The molecule has 5 aromatic rings. The van der Waals surface area contributed by atoms with Crippen LogP contribution in [0.1, 0.15) is 36.1 Å². The quantitative estimate of drug-likeness (QED) is 0.302. The standard InChI is InChI=1S/C28H25N2O/c1-16-10-13-22(30(5)15-16)23-17(2)11-12-19-24-25-20(14-29-27(24)31-26(19)23)18-8-6-7-9-21(18)28(25,3)4/h6-15H,1-5H3/q+1. The van der Waals surface area contributed by atoms with Crippen LogP contribution >= 0.6 is 0 Å². The first kappa shape index (κ1) is 18.3. The first-order valence-electron chi connectivity index (χ1n) is 10.8. The molecule has 1 aliphatic rings. The van der Waals surface area contributed by atoms with Gasteiger partial charge in [0.1, 0.15) is 7.05 Å². The Kier molecular flexibility index (Phi) is 3.57. The summed E-state index contributed by atoms with van der Waals surface area (Å²) >= 11 is 0. The van der Waals surface area contributed by atoms with Crippen LogP contribution in [0.2, 0.25) is 0 Å². The van der Waals surface area contributed by atoms with Gasteiger partial charge in [0, 0.05) is 34.2 Å². The lowest BCUT2D eigenvalue weighted by atomic mass is 9.81. The van der Waals surface area contributed by atoms with Crippen LogP contribution in [0.4, 0.5) is 0 Å². The maximum Gasteiger partial charge on any atom is 0.227 e. The summed E-state index contributed by atoms with van der Waals surface area (Å²) in [5.74, 6) is 0. The van der Waals surface area contributed by atoms with Crippen molar-refractivity contribution in [2.24, 2.45) is 7.05 Å². The highest BCUT2D eigenvalue weighted by molar-refractivity contribution is 6.13. The first-order valence-corrected chi connectivity index (χ1v) is 10.8. The van der Waals surface area contributed by atoms with Crippen molar-refractivity contribution in [3.63, 3.8) is 0 Å². The average Bonchev–Trinajstić information content (AvgIpc) is 3.22. The predicted molar refractivity (Wildman–Crippen MR) is 125 cm³/mol. The fourth-order valence-electron chi connectivity index (χ4n) is 5.48. The van der Waals surface area contributed by atoms with E-state index in [0.29, 0.717) is 0 Å². The SMILES string of the molecule is Cc1ccc(-c2c(C)ccc3c2oc2ncc4c(c23)C(C)(C)c2ccccc2-4)[n+](C)c1. The molecule has 0 spiro atoms. The number of nitrogens with zero attached hydrogens (tertiary/aromatic N) is 2. The molecule has 0 amide bonds. The molecule has 152 valence electrons. The molecule has 3 nitrogen and oxygen atoms in total. The van der Waals surface area contributed by atoms with Crippen LogP contribution in [0.5, 0.6) is 0 Å². The van der Waals surface area contributed by atoms with Gasteiger partial charge in [-0.3, -0.25) is 0 Å². The molecule has 0 fully saturated rings. The number of aryl methyl sites for hydroxylation is 3. The zero-order chi connectivity index (χ0) is 21.5. The average molecular weight is 406 g/mol. The highest BCUT2D eigenvalue weighted by Gasteiger charge is 2.38. The molecule has 31 heavy (non-hydrogen) atoms. The second kappa shape index (κ2) is 6.04. The van der Waals surface area contributed by atoms with Crippen molar-refractivity contribution in [2.45, 2.75) is 33.1 Å². The maximum absolute atomic E-state index is 6.50. The Labute approximate surface area is 182 Å². The number of hydrogen-bond acceptors (Lipinski definition) is 2. The number of benzene rings is 2. The normalized spacial score (nSPS) is 14.2. The van der Waals surface area contributed by atoms with Crippen LogP contribution in [0.25, 0.3) is 44.5 Å². The summed E-state index contributed by atoms with van der Waals surface area (Å²) in [6.07, 6.45) is 4.15. The van der Waals surface area contributed by atoms with Crippen molar-refractivity contribution in [1.29, 1.82) is 0 Å². The van der Waals surface area contributed by atoms with Crippen molar-refractivity contribution < 1.29 is 8.98 Å². The van der Waals surface area contributed by atoms with E-state index in [1.54, 1.807) is 0 Å². The van der Waals surface area contributed by atoms with E-state index in [9.17, 15) is 0 Å². The van der Waals surface area contributed by atoms with Gasteiger partial charge < -0.3 is 4.42 Å². The van der Waals surface area contributed by atoms with Crippen LogP contribution in [-0.2, 0) is 12.5 Å². The molecule has 0 radical (unpaired) electrons. The number of furan rings is 1. The highest BCUT2D eigenvalue weighted by atomic mass is 16.3. The molecule has 6 rings (SSSR count). The second-order valence-corrected chi connectivity index (χ2v) is 9.34. The van der Waals surface area contributed by atoms with E-state index in [0.717, 1.165) is 33.3 Å². The molecule has 3 aromatic heterocycles. The van der Waals surface area contributed by atoms with Gasteiger partial charge in [-0.15, -0.1) is 0 Å². The molecule has 3 heteroatoms. The van der Waals surface area contributed by atoms with E-state index in [2.05, 4.69) is 94.0 Å². The maximum atomic E-state index is 6.50. The summed E-state index contributed by atoms with van der Waals surface area (Å²) in [6.45, 7) is 8.89. The lowest BCUT2D eigenvalue weighted by molar-refractivity contribution is -0.660. The lowest BCUT2D eigenvalue weighted by Crippen LogP contribution is -2.31. The van der Waals surface area contributed by atoms with E-state index in [1.165, 1.54) is 33.4 Å². The second-order valence-electron chi connectivity index (χ2n) is 9.34. The van der Waals surface area contributed by atoms with Crippen LogP contribution in [0.3, 0.4) is 0 Å². The van der Waals surface area contributed by atoms with Gasteiger partial charge in [-0.1, -0.05) is 50.2 Å². The van der Waals surface area contributed by atoms with Crippen LogP contribution < -0.4 is 4.57 Å². The zero-order valence-electron chi connectivity index (χ0n) is 18.6. The molecule has 0 saturated carbocycles. The molecule has 1 aliphatic carbocycles. The third kappa shape index (κ3) is 2.35. The van der Waals surface area contributed by atoms with Crippen molar-refractivity contribution in [2.75, 3.05) is 0 Å². The molecule has 2 aromatic carbocycles. The monoisotopic (exact) mass is 405 g/mol. The van der Waals surface area contributed by atoms with Gasteiger partial charge in [0.2, 0.25) is 11.4 Å². The van der Waals surface area contributed by atoms with Crippen molar-refractivity contribution in [3.05, 3.63) is 83.2 Å².